The second-order valence-electron chi connectivity index (χ2n) is 4.00. The van der Waals surface area contributed by atoms with Crippen LogP contribution in [0.4, 0.5) is 9.93 Å². The Morgan fingerprint density at radius 3 is 2.79 bits per heavy atom. The van der Waals surface area contributed by atoms with Crippen molar-refractivity contribution in [2.75, 3.05) is 11.9 Å². The first-order valence-electron chi connectivity index (χ1n) is 5.89. The van der Waals surface area contributed by atoms with E-state index in [0.717, 1.165) is 5.56 Å². The van der Waals surface area contributed by atoms with Gasteiger partial charge in [0.1, 0.15) is 0 Å². The van der Waals surface area contributed by atoms with E-state index >= 15 is 0 Å². The van der Waals surface area contributed by atoms with Crippen molar-refractivity contribution in [2.45, 2.75) is 12.5 Å². The largest absolute Gasteiger partial charge is 0.394 e. The third kappa shape index (κ3) is 4.35. The Morgan fingerprint density at radius 2 is 2.16 bits per heavy atom. The fourth-order valence-electron chi connectivity index (χ4n) is 1.66. The minimum absolute atomic E-state index is 0.111. The average Bonchev–Trinajstić information content (AvgIpc) is 2.92. The summed E-state index contributed by atoms with van der Waals surface area (Å²) in [4.78, 5) is 15.7. The number of amides is 2. The van der Waals surface area contributed by atoms with Gasteiger partial charge in [-0.05, 0) is 12.0 Å². The van der Waals surface area contributed by atoms with E-state index in [9.17, 15) is 9.90 Å². The summed E-state index contributed by atoms with van der Waals surface area (Å²) < 4.78 is 0. The molecular formula is C13H15N3O2S. The van der Waals surface area contributed by atoms with Gasteiger partial charge >= 0.3 is 6.03 Å². The molecule has 3 N–H and O–H groups in total. The second kappa shape index (κ2) is 6.86. The zero-order valence-electron chi connectivity index (χ0n) is 10.2. The van der Waals surface area contributed by atoms with Crippen molar-refractivity contribution in [3.8, 4) is 0 Å². The molecule has 0 radical (unpaired) electrons. The fourth-order valence-corrected chi connectivity index (χ4v) is 2.19. The topological polar surface area (TPSA) is 74.2 Å². The molecule has 0 bridgehead atoms. The zero-order chi connectivity index (χ0) is 13.5. The first kappa shape index (κ1) is 13.5. The lowest BCUT2D eigenvalue weighted by molar-refractivity contribution is 0.224. The summed E-state index contributed by atoms with van der Waals surface area (Å²) in [5.74, 6) is 0. The van der Waals surface area contributed by atoms with Crippen LogP contribution in [0.5, 0.6) is 0 Å². The predicted octanol–water partition coefficient (Wildman–Crippen LogP) is 1.87. The number of urea groups is 1. The molecule has 5 nitrogen and oxygen atoms in total. The standard InChI is InChI=1S/C13H15N3O2S/c17-9-11(8-10-4-2-1-3-5-10)15-12(18)16-13-14-6-7-19-13/h1-7,11,17H,8-9H2,(H2,14,15,16,18)/t11-/m0/s1. The monoisotopic (exact) mass is 277 g/mol. The lowest BCUT2D eigenvalue weighted by Crippen LogP contribution is -2.41. The number of benzene rings is 1. The van der Waals surface area contributed by atoms with Crippen molar-refractivity contribution in [1.29, 1.82) is 0 Å². The highest BCUT2D eigenvalue weighted by Crippen LogP contribution is 2.10. The summed E-state index contributed by atoms with van der Waals surface area (Å²) in [5, 5.41) is 17.0. The van der Waals surface area contributed by atoms with Crippen LogP contribution in [0.1, 0.15) is 5.56 Å². The molecule has 1 heterocycles. The molecule has 0 unspecified atom stereocenters. The molecule has 1 aromatic carbocycles. The zero-order valence-corrected chi connectivity index (χ0v) is 11.1. The first-order valence-corrected chi connectivity index (χ1v) is 6.77. The van der Waals surface area contributed by atoms with Crippen molar-refractivity contribution in [1.82, 2.24) is 10.3 Å². The van der Waals surface area contributed by atoms with Gasteiger partial charge in [0.25, 0.3) is 0 Å². The van der Waals surface area contributed by atoms with Crippen molar-refractivity contribution < 1.29 is 9.90 Å². The maximum absolute atomic E-state index is 11.7. The molecule has 1 aromatic heterocycles. The summed E-state index contributed by atoms with van der Waals surface area (Å²) in [6, 6.07) is 9.04. The Kier molecular flexibility index (Phi) is 4.88. The van der Waals surface area contributed by atoms with Crippen LogP contribution in [0.25, 0.3) is 0 Å². The Morgan fingerprint density at radius 1 is 1.37 bits per heavy atom. The minimum Gasteiger partial charge on any atom is -0.394 e. The Bertz CT molecular complexity index is 502. The molecule has 6 heteroatoms. The number of hydrogen-bond donors (Lipinski definition) is 3. The third-order valence-corrected chi connectivity index (χ3v) is 3.22. The predicted molar refractivity (Wildman–Crippen MR) is 75.3 cm³/mol. The summed E-state index contributed by atoms with van der Waals surface area (Å²) >= 11 is 1.34. The summed E-state index contributed by atoms with van der Waals surface area (Å²) in [6.07, 6.45) is 2.20. The quantitative estimate of drug-likeness (QED) is 0.781. The van der Waals surface area contributed by atoms with Gasteiger partial charge in [-0.25, -0.2) is 9.78 Å². The lowest BCUT2D eigenvalue weighted by atomic mass is 10.1. The molecule has 0 saturated heterocycles. The van der Waals surface area contributed by atoms with E-state index in [1.54, 1.807) is 11.6 Å². The molecule has 0 aliphatic rings. The Labute approximate surface area is 115 Å². The Hall–Kier alpha value is -1.92. The van der Waals surface area contributed by atoms with E-state index in [2.05, 4.69) is 15.6 Å². The molecule has 100 valence electrons. The minimum atomic E-state index is -0.357. The number of nitrogens with one attached hydrogen (secondary N) is 2. The SMILES string of the molecule is O=C(Nc1nccs1)N[C@H](CO)Cc1ccccc1. The number of thiazole rings is 1. The molecule has 0 saturated carbocycles. The van der Waals surface area contributed by atoms with Crippen LogP contribution in [0.2, 0.25) is 0 Å². The molecule has 2 amide bonds. The maximum atomic E-state index is 11.7. The van der Waals surface area contributed by atoms with Crippen LogP contribution in [0.15, 0.2) is 41.9 Å². The molecule has 1 atom stereocenters. The smallest absolute Gasteiger partial charge is 0.321 e. The van der Waals surface area contributed by atoms with E-state index in [1.807, 2.05) is 30.3 Å². The number of anilines is 1. The van der Waals surface area contributed by atoms with Gasteiger partial charge in [-0.2, -0.15) is 0 Å². The van der Waals surface area contributed by atoms with Crippen LogP contribution in [-0.2, 0) is 6.42 Å². The van der Waals surface area contributed by atoms with Gasteiger partial charge in [0, 0.05) is 11.6 Å². The van der Waals surface area contributed by atoms with Gasteiger partial charge in [0.2, 0.25) is 0 Å². The first-order chi connectivity index (χ1) is 9.28. The van der Waals surface area contributed by atoms with E-state index in [1.165, 1.54) is 11.3 Å². The number of aromatic nitrogens is 1. The van der Waals surface area contributed by atoms with E-state index in [0.29, 0.717) is 11.6 Å². The molecule has 0 fully saturated rings. The number of nitrogens with zero attached hydrogens (tertiary/aromatic N) is 1. The highest BCUT2D eigenvalue weighted by molar-refractivity contribution is 7.13. The lowest BCUT2D eigenvalue weighted by Gasteiger charge is -2.16. The highest BCUT2D eigenvalue weighted by Gasteiger charge is 2.12. The number of carbonyl (C=O) groups excluding carboxylic acids is 1. The molecule has 0 spiro atoms. The van der Waals surface area contributed by atoms with Crippen molar-refractivity contribution in [2.24, 2.45) is 0 Å². The molecular weight excluding hydrogens is 262 g/mol. The van der Waals surface area contributed by atoms with Crippen LogP contribution >= 0.6 is 11.3 Å². The number of rotatable bonds is 5. The summed E-state index contributed by atoms with van der Waals surface area (Å²) in [6.45, 7) is -0.111. The van der Waals surface area contributed by atoms with Crippen molar-refractivity contribution >= 4 is 22.5 Å². The number of carbonyl (C=O) groups is 1. The number of hydrogen-bond acceptors (Lipinski definition) is 4. The van der Waals surface area contributed by atoms with Crippen LogP contribution in [-0.4, -0.2) is 28.8 Å². The van der Waals surface area contributed by atoms with Crippen LogP contribution < -0.4 is 10.6 Å². The van der Waals surface area contributed by atoms with Crippen LogP contribution in [0.3, 0.4) is 0 Å². The van der Waals surface area contributed by atoms with Gasteiger partial charge in [0.15, 0.2) is 5.13 Å². The van der Waals surface area contributed by atoms with E-state index in [-0.39, 0.29) is 18.7 Å². The van der Waals surface area contributed by atoms with Gasteiger partial charge in [-0.1, -0.05) is 30.3 Å². The summed E-state index contributed by atoms with van der Waals surface area (Å²) in [7, 11) is 0. The molecule has 0 aliphatic carbocycles. The number of aliphatic hydroxyl groups is 1. The van der Waals surface area contributed by atoms with Crippen molar-refractivity contribution in [3.63, 3.8) is 0 Å². The van der Waals surface area contributed by atoms with Crippen LogP contribution in [0, 0.1) is 0 Å². The average molecular weight is 277 g/mol. The van der Waals surface area contributed by atoms with Crippen molar-refractivity contribution in [3.05, 3.63) is 47.5 Å². The maximum Gasteiger partial charge on any atom is 0.321 e. The molecule has 19 heavy (non-hydrogen) atoms. The van der Waals surface area contributed by atoms with Gasteiger partial charge in [-0.3, -0.25) is 5.32 Å². The fraction of sp³-hybridized carbons (Fsp3) is 0.231. The normalized spacial score (nSPS) is 11.8. The number of aliphatic hydroxyl groups excluding tert-OH is 1. The van der Waals surface area contributed by atoms with E-state index in [4.69, 9.17) is 0 Å². The Balaban J connectivity index is 1.86. The van der Waals surface area contributed by atoms with Gasteiger partial charge in [-0.15, -0.1) is 11.3 Å². The molecule has 2 aromatic rings. The highest BCUT2D eigenvalue weighted by atomic mass is 32.1. The summed E-state index contributed by atoms with van der Waals surface area (Å²) in [5.41, 5.74) is 1.07. The molecule has 2 rings (SSSR count). The third-order valence-electron chi connectivity index (χ3n) is 2.53. The molecule has 0 aliphatic heterocycles. The second-order valence-corrected chi connectivity index (χ2v) is 4.90. The van der Waals surface area contributed by atoms with Gasteiger partial charge < -0.3 is 10.4 Å². The van der Waals surface area contributed by atoms with E-state index < -0.39 is 0 Å². The van der Waals surface area contributed by atoms with Gasteiger partial charge in [0.05, 0.1) is 12.6 Å².